The van der Waals surface area contributed by atoms with Crippen molar-refractivity contribution in [2.24, 2.45) is 11.8 Å². The number of carbonyl (C=O) groups is 2. The average molecular weight is 464 g/mol. The molecule has 2 saturated carbocycles. The lowest BCUT2D eigenvalue weighted by Crippen LogP contribution is -2.46. The molecular weight excluding hydrogens is 426 g/mol. The normalized spacial score (nSPS) is 22.8. The first kappa shape index (κ1) is 24.7. The highest BCUT2D eigenvalue weighted by molar-refractivity contribution is 7.90. The Morgan fingerprint density at radius 1 is 0.812 bits per heavy atom. The summed E-state index contributed by atoms with van der Waals surface area (Å²) in [6, 6.07) is 7.15. The molecule has 0 radical (unpaired) electrons. The van der Waals surface area contributed by atoms with Crippen molar-refractivity contribution in [2.45, 2.75) is 89.3 Å². The molecule has 7 nitrogen and oxygen atoms in total. The SMILES string of the molecule is CC(C)(C)S(=O)(=O)NC1CCC(C(=O)Nc2cccc(NC(=O)C3CCCCC3)c2)CC1. The van der Waals surface area contributed by atoms with Crippen molar-refractivity contribution in [3.8, 4) is 0 Å². The van der Waals surface area contributed by atoms with Crippen molar-refractivity contribution in [3.05, 3.63) is 24.3 Å². The van der Waals surface area contributed by atoms with Gasteiger partial charge in [-0.2, -0.15) is 0 Å². The lowest BCUT2D eigenvalue weighted by Gasteiger charge is -2.30. The number of sulfonamides is 1. The fourth-order valence-corrected chi connectivity index (χ4v) is 5.43. The van der Waals surface area contributed by atoms with Gasteiger partial charge in [-0.3, -0.25) is 9.59 Å². The van der Waals surface area contributed by atoms with E-state index in [0.29, 0.717) is 37.1 Å². The lowest BCUT2D eigenvalue weighted by atomic mass is 9.86. The molecule has 178 valence electrons. The van der Waals surface area contributed by atoms with E-state index in [0.717, 1.165) is 25.7 Å². The molecule has 8 heteroatoms. The Morgan fingerprint density at radius 2 is 1.31 bits per heavy atom. The second kappa shape index (κ2) is 10.3. The summed E-state index contributed by atoms with van der Waals surface area (Å²) in [6.45, 7) is 5.04. The highest BCUT2D eigenvalue weighted by Crippen LogP contribution is 2.28. The van der Waals surface area contributed by atoms with Crippen LogP contribution in [0.5, 0.6) is 0 Å². The van der Waals surface area contributed by atoms with Gasteiger partial charge in [-0.25, -0.2) is 13.1 Å². The number of carbonyl (C=O) groups excluding carboxylic acids is 2. The van der Waals surface area contributed by atoms with Crippen LogP contribution < -0.4 is 15.4 Å². The molecule has 0 unspecified atom stereocenters. The van der Waals surface area contributed by atoms with Crippen LogP contribution in [0, 0.1) is 11.8 Å². The van der Waals surface area contributed by atoms with E-state index in [1.54, 1.807) is 26.8 Å². The van der Waals surface area contributed by atoms with Crippen LogP contribution >= 0.6 is 0 Å². The molecule has 2 aliphatic carbocycles. The van der Waals surface area contributed by atoms with Gasteiger partial charge in [-0.1, -0.05) is 25.3 Å². The van der Waals surface area contributed by atoms with Crippen molar-refractivity contribution < 1.29 is 18.0 Å². The number of nitrogens with one attached hydrogen (secondary N) is 3. The van der Waals surface area contributed by atoms with Gasteiger partial charge in [0.05, 0.1) is 4.75 Å². The minimum atomic E-state index is -3.39. The van der Waals surface area contributed by atoms with Gasteiger partial charge in [-0.05, 0) is 77.5 Å². The van der Waals surface area contributed by atoms with Gasteiger partial charge in [0.2, 0.25) is 21.8 Å². The summed E-state index contributed by atoms with van der Waals surface area (Å²) >= 11 is 0. The van der Waals surface area contributed by atoms with Crippen LogP contribution in [-0.2, 0) is 19.6 Å². The van der Waals surface area contributed by atoms with E-state index >= 15 is 0 Å². The standard InChI is InChI=1S/C24H37N3O4S/c1-24(2,3)32(30,31)27-19-14-12-18(13-15-19)23(29)26-21-11-7-10-20(16-21)25-22(28)17-8-5-4-6-9-17/h7,10-11,16-19,27H,4-6,8-9,12-15H2,1-3H3,(H,25,28)(H,26,29). The summed E-state index contributed by atoms with van der Waals surface area (Å²) < 4.78 is 26.7. The highest BCUT2D eigenvalue weighted by Gasteiger charge is 2.34. The van der Waals surface area contributed by atoms with Gasteiger partial charge in [0.25, 0.3) is 0 Å². The Bertz CT molecular complexity index is 909. The van der Waals surface area contributed by atoms with Crippen molar-refractivity contribution in [3.63, 3.8) is 0 Å². The molecule has 2 fully saturated rings. The first-order valence-electron chi connectivity index (χ1n) is 11.8. The summed E-state index contributed by atoms with van der Waals surface area (Å²) in [6.07, 6.45) is 7.86. The van der Waals surface area contributed by atoms with E-state index in [2.05, 4.69) is 15.4 Å². The third-order valence-corrected chi connectivity index (χ3v) is 8.86. The molecule has 0 bridgehead atoms. The Morgan fingerprint density at radius 3 is 1.81 bits per heavy atom. The van der Waals surface area contributed by atoms with Crippen molar-refractivity contribution in [1.29, 1.82) is 0 Å². The zero-order chi connectivity index (χ0) is 23.4. The zero-order valence-corrected chi connectivity index (χ0v) is 20.3. The fraction of sp³-hybridized carbons (Fsp3) is 0.667. The van der Waals surface area contributed by atoms with E-state index in [4.69, 9.17) is 0 Å². The summed E-state index contributed by atoms with van der Waals surface area (Å²) in [5.41, 5.74) is 1.35. The summed E-state index contributed by atoms with van der Waals surface area (Å²) in [5.74, 6) is -0.0686. The van der Waals surface area contributed by atoms with Crippen molar-refractivity contribution in [1.82, 2.24) is 4.72 Å². The molecule has 1 aromatic carbocycles. The largest absolute Gasteiger partial charge is 0.326 e. The topological polar surface area (TPSA) is 104 Å². The molecular formula is C24H37N3O4S. The molecule has 2 aliphatic rings. The van der Waals surface area contributed by atoms with E-state index in [1.165, 1.54) is 6.42 Å². The van der Waals surface area contributed by atoms with E-state index in [1.807, 2.05) is 18.2 Å². The Balaban J connectivity index is 1.50. The van der Waals surface area contributed by atoms with Crippen molar-refractivity contribution >= 4 is 33.2 Å². The van der Waals surface area contributed by atoms with Crippen LogP contribution in [0.3, 0.4) is 0 Å². The fourth-order valence-electron chi connectivity index (χ4n) is 4.40. The maximum atomic E-state index is 12.8. The van der Waals surface area contributed by atoms with Gasteiger partial charge < -0.3 is 10.6 Å². The lowest BCUT2D eigenvalue weighted by molar-refractivity contribution is -0.121. The number of amides is 2. The second-order valence-electron chi connectivity index (χ2n) is 10.2. The summed E-state index contributed by atoms with van der Waals surface area (Å²) in [4.78, 5) is 25.3. The van der Waals surface area contributed by atoms with Gasteiger partial charge in [0, 0.05) is 29.3 Å². The van der Waals surface area contributed by atoms with Crippen molar-refractivity contribution in [2.75, 3.05) is 10.6 Å². The first-order chi connectivity index (χ1) is 15.0. The minimum Gasteiger partial charge on any atom is -0.326 e. The maximum Gasteiger partial charge on any atom is 0.227 e. The molecule has 0 aromatic heterocycles. The summed E-state index contributed by atoms with van der Waals surface area (Å²) in [5, 5.41) is 5.95. The Hall–Kier alpha value is -1.93. The molecule has 1 aromatic rings. The molecule has 3 N–H and O–H groups in total. The second-order valence-corrected chi connectivity index (χ2v) is 12.6. The highest BCUT2D eigenvalue weighted by atomic mass is 32.2. The molecule has 0 spiro atoms. The number of hydrogen-bond donors (Lipinski definition) is 3. The van der Waals surface area contributed by atoms with Crippen LogP contribution in [0.15, 0.2) is 24.3 Å². The third kappa shape index (κ3) is 6.54. The predicted octanol–water partition coefficient (Wildman–Crippen LogP) is 4.42. The molecule has 0 atom stereocenters. The molecule has 32 heavy (non-hydrogen) atoms. The van der Waals surface area contributed by atoms with E-state index in [-0.39, 0.29) is 29.7 Å². The van der Waals surface area contributed by atoms with Gasteiger partial charge in [0.15, 0.2) is 0 Å². The van der Waals surface area contributed by atoms with Crippen LogP contribution in [0.25, 0.3) is 0 Å². The van der Waals surface area contributed by atoms with Gasteiger partial charge in [0.1, 0.15) is 0 Å². The Labute approximate surface area is 192 Å². The zero-order valence-electron chi connectivity index (χ0n) is 19.4. The van der Waals surface area contributed by atoms with Crippen LogP contribution in [0.4, 0.5) is 11.4 Å². The predicted molar refractivity (Wildman–Crippen MR) is 128 cm³/mol. The number of anilines is 2. The van der Waals surface area contributed by atoms with Gasteiger partial charge in [-0.15, -0.1) is 0 Å². The number of hydrogen-bond acceptors (Lipinski definition) is 4. The monoisotopic (exact) mass is 463 g/mol. The smallest absolute Gasteiger partial charge is 0.227 e. The molecule has 0 heterocycles. The minimum absolute atomic E-state index is 0.0575. The third-order valence-electron chi connectivity index (χ3n) is 6.60. The molecule has 0 aliphatic heterocycles. The van der Waals surface area contributed by atoms with Crippen LogP contribution in [0.2, 0.25) is 0 Å². The molecule has 2 amide bonds. The number of benzene rings is 1. The quantitative estimate of drug-likeness (QED) is 0.581. The summed E-state index contributed by atoms with van der Waals surface area (Å²) in [7, 11) is -3.39. The van der Waals surface area contributed by atoms with Crippen LogP contribution in [0.1, 0.15) is 78.6 Å². The Kier molecular flexibility index (Phi) is 7.98. The maximum absolute atomic E-state index is 12.8. The van der Waals surface area contributed by atoms with Gasteiger partial charge >= 0.3 is 0 Å². The van der Waals surface area contributed by atoms with E-state index in [9.17, 15) is 18.0 Å². The average Bonchev–Trinajstić information content (AvgIpc) is 2.74. The molecule has 0 saturated heterocycles. The van der Waals surface area contributed by atoms with Crippen LogP contribution in [-0.4, -0.2) is 31.0 Å². The first-order valence-corrected chi connectivity index (χ1v) is 13.3. The number of rotatable bonds is 6. The van der Waals surface area contributed by atoms with E-state index < -0.39 is 14.8 Å². The molecule has 3 rings (SSSR count).